The van der Waals surface area contributed by atoms with Gasteiger partial charge in [-0.05, 0) is 49.7 Å². The molecule has 0 saturated heterocycles. The highest BCUT2D eigenvalue weighted by Crippen LogP contribution is 2.32. The Bertz CT molecular complexity index is 924. The number of hydrogen-bond acceptors (Lipinski definition) is 4. The lowest BCUT2D eigenvalue weighted by molar-refractivity contribution is 0.101. The first-order valence-electron chi connectivity index (χ1n) is 8.09. The smallest absolute Gasteiger partial charge is 0.219 e. The zero-order valence-electron chi connectivity index (χ0n) is 14.1. The molecule has 0 bridgehead atoms. The molecule has 0 spiro atoms. The van der Waals surface area contributed by atoms with Gasteiger partial charge < -0.3 is 9.47 Å². The van der Waals surface area contributed by atoms with Crippen molar-refractivity contribution in [1.29, 1.82) is 0 Å². The molecule has 2 aromatic carbocycles. The predicted octanol–water partition coefficient (Wildman–Crippen LogP) is 5.67. The van der Waals surface area contributed by atoms with Gasteiger partial charge in [0.25, 0.3) is 0 Å². The highest BCUT2D eigenvalue weighted by molar-refractivity contribution is 6.32. The molecule has 5 heteroatoms. The van der Waals surface area contributed by atoms with E-state index in [9.17, 15) is 4.79 Å². The summed E-state index contributed by atoms with van der Waals surface area (Å²) in [5, 5.41) is 1.34. The number of benzene rings is 2. The van der Waals surface area contributed by atoms with Gasteiger partial charge in [-0.3, -0.25) is 4.79 Å². The van der Waals surface area contributed by atoms with Gasteiger partial charge in [-0.2, -0.15) is 0 Å². The van der Waals surface area contributed by atoms with E-state index in [1.807, 2.05) is 31.2 Å². The van der Waals surface area contributed by atoms with Crippen molar-refractivity contribution in [2.75, 3.05) is 6.61 Å². The highest BCUT2D eigenvalue weighted by Gasteiger charge is 2.08. The molecule has 0 atom stereocenters. The third-order valence-corrected chi connectivity index (χ3v) is 3.96. The molecule has 0 aliphatic carbocycles. The lowest BCUT2D eigenvalue weighted by atomic mass is 10.1. The summed E-state index contributed by atoms with van der Waals surface area (Å²) in [5.74, 6) is 1.69. The molecule has 0 amide bonds. The molecule has 0 saturated carbocycles. The lowest BCUT2D eigenvalue weighted by Crippen LogP contribution is -1.96. The molecule has 3 rings (SSSR count). The van der Waals surface area contributed by atoms with Crippen molar-refractivity contribution < 1.29 is 14.3 Å². The van der Waals surface area contributed by atoms with Crippen LogP contribution in [-0.2, 0) is 0 Å². The first-order valence-corrected chi connectivity index (χ1v) is 8.46. The number of Topliss-reactive ketones (excluding diaryl/α,β-unsaturated/α-hetero) is 1. The molecule has 1 heterocycles. The van der Waals surface area contributed by atoms with Crippen LogP contribution in [0.4, 0.5) is 0 Å². The third kappa shape index (κ3) is 4.09. The van der Waals surface area contributed by atoms with Crippen molar-refractivity contribution in [3.05, 3.63) is 59.1 Å². The van der Waals surface area contributed by atoms with Gasteiger partial charge in [-0.25, -0.2) is 4.98 Å². The maximum Gasteiger partial charge on any atom is 0.219 e. The minimum Gasteiger partial charge on any atom is -0.494 e. The first kappa shape index (κ1) is 17.2. The van der Waals surface area contributed by atoms with E-state index in [4.69, 9.17) is 21.1 Å². The van der Waals surface area contributed by atoms with Crippen molar-refractivity contribution in [2.24, 2.45) is 0 Å². The van der Waals surface area contributed by atoms with Crippen LogP contribution in [0.15, 0.2) is 48.5 Å². The Kier molecular flexibility index (Phi) is 5.19. The molecule has 128 valence electrons. The Balaban J connectivity index is 1.83. The monoisotopic (exact) mass is 355 g/mol. The number of ether oxygens (including phenoxy) is 2. The van der Waals surface area contributed by atoms with Gasteiger partial charge >= 0.3 is 0 Å². The number of pyridine rings is 1. The van der Waals surface area contributed by atoms with Crippen molar-refractivity contribution in [2.45, 2.75) is 20.3 Å². The number of halogens is 1. The largest absolute Gasteiger partial charge is 0.494 e. The molecule has 4 nitrogen and oxygen atoms in total. The lowest BCUT2D eigenvalue weighted by Gasteiger charge is -2.10. The summed E-state index contributed by atoms with van der Waals surface area (Å²) in [5.41, 5.74) is 1.41. The zero-order chi connectivity index (χ0) is 17.8. The molecule has 0 N–H and O–H groups in total. The first-order chi connectivity index (χ1) is 12.1. The van der Waals surface area contributed by atoms with E-state index < -0.39 is 0 Å². The number of fused-ring (bicyclic) bond motifs is 1. The molecule has 0 aliphatic rings. The molecule has 0 aliphatic heterocycles. The van der Waals surface area contributed by atoms with E-state index >= 15 is 0 Å². The molecule has 0 unspecified atom stereocenters. The number of carbonyl (C=O) groups excluding carboxylic acids is 1. The van der Waals surface area contributed by atoms with Crippen LogP contribution in [0, 0.1) is 0 Å². The fourth-order valence-electron chi connectivity index (χ4n) is 2.37. The summed E-state index contributed by atoms with van der Waals surface area (Å²) >= 11 is 6.26. The van der Waals surface area contributed by atoms with Gasteiger partial charge in [0.2, 0.25) is 5.88 Å². The number of carbonyl (C=O) groups is 1. The average molecular weight is 356 g/mol. The molecule has 0 radical (unpaired) electrons. The second-order valence-electron chi connectivity index (χ2n) is 5.66. The standard InChI is InChI=1S/C20H18ClNO3/c1-3-10-24-16-6-8-19(17(21)12-16)25-20-9-5-15-11-14(13(2)23)4-7-18(15)22-20/h4-9,11-12H,3,10H2,1-2H3. The Hall–Kier alpha value is -2.59. The van der Waals surface area contributed by atoms with Gasteiger partial charge in [0.05, 0.1) is 17.1 Å². The second kappa shape index (κ2) is 7.53. The second-order valence-corrected chi connectivity index (χ2v) is 6.06. The van der Waals surface area contributed by atoms with Gasteiger partial charge in [0, 0.05) is 23.1 Å². The maximum absolute atomic E-state index is 11.5. The Morgan fingerprint density at radius 3 is 2.68 bits per heavy atom. The van der Waals surface area contributed by atoms with Crippen LogP contribution in [0.2, 0.25) is 5.02 Å². The average Bonchev–Trinajstić information content (AvgIpc) is 2.61. The van der Waals surface area contributed by atoms with Crippen LogP contribution in [-0.4, -0.2) is 17.4 Å². The van der Waals surface area contributed by atoms with Crippen LogP contribution in [0.25, 0.3) is 10.9 Å². The summed E-state index contributed by atoms with van der Waals surface area (Å²) in [6.45, 7) is 4.23. The fraction of sp³-hybridized carbons (Fsp3) is 0.200. The number of aromatic nitrogens is 1. The fourth-order valence-corrected chi connectivity index (χ4v) is 2.58. The maximum atomic E-state index is 11.5. The number of ketones is 1. The van der Waals surface area contributed by atoms with Crippen LogP contribution < -0.4 is 9.47 Å². The summed E-state index contributed by atoms with van der Waals surface area (Å²) in [7, 11) is 0. The Morgan fingerprint density at radius 1 is 1.12 bits per heavy atom. The van der Waals surface area contributed by atoms with E-state index in [1.54, 1.807) is 31.2 Å². The molecule has 3 aromatic rings. The van der Waals surface area contributed by atoms with Crippen molar-refractivity contribution in [1.82, 2.24) is 4.98 Å². The van der Waals surface area contributed by atoms with Gasteiger partial charge in [0.1, 0.15) is 11.5 Å². The topological polar surface area (TPSA) is 48.4 Å². The van der Waals surface area contributed by atoms with Crippen molar-refractivity contribution >= 4 is 28.3 Å². The summed E-state index contributed by atoms with van der Waals surface area (Å²) in [6, 6.07) is 14.3. The molecule has 0 fully saturated rings. The zero-order valence-corrected chi connectivity index (χ0v) is 14.8. The Labute approximate surface area is 151 Å². The van der Waals surface area contributed by atoms with E-state index in [2.05, 4.69) is 4.98 Å². The summed E-state index contributed by atoms with van der Waals surface area (Å²) in [4.78, 5) is 15.9. The molecular formula is C20H18ClNO3. The van der Waals surface area contributed by atoms with Crippen LogP contribution in [0.1, 0.15) is 30.6 Å². The van der Waals surface area contributed by atoms with Crippen molar-refractivity contribution in [3.8, 4) is 17.4 Å². The SMILES string of the molecule is CCCOc1ccc(Oc2ccc3cc(C(C)=O)ccc3n2)c(Cl)c1. The number of nitrogens with zero attached hydrogens (tertiary/aromatic N) is 1. The number of hydrogen-bond donors (Lipinski definition) is 0. The third-order valence-electron chi connectivity index (χ3n) is 3.66. The molecule has 1 aromatic heterocycles. The molecular weight excluding hydrogens is 338 g/mol. The minimum atomic E-state index is 0.0272. The number of rotatable bonds is 6. The van der Waals surface area contributed by atoms with E-state index in [1.165, 1.54) is 0 Å². The quantitative estimate of drug-likeness (QED) is 0.534. The summed E-state index contributed by atoms with van der Waals surface area (Å²) in [6.07, 6.45) is 0.933. The minimum absolute atomic E-state index is 0.0272. The van der Waals surface area contributed by atoms with Crippen molar-refractivity contribution in [3.63, 3.8) is 0 Å². The predicted molar refractivity (Wildman–Crippen MR) is 99.1 cm³/mol. The van der Waals surface area contributed by atoms with Crippen LogP contribution in [0.5, 0.6) is 17.4 Å². The van der Waals surface area contributed by atoms with E-state index in [0.29, 0.717) is 34.6 Å². The van der Waals surface area contributed by atoms with E-state index in [0.717, 1.165) is 17.3 Å². The van der Waals surface area contributed by atoms with Gasteiger partial charge in [0.15, 0.2) is 5.78 Å². The van der Waals surface area contributed by atoms with Gasteiger partial charge in [-0.15, -0.1) is 0 Å². The van der Waals surface area contributed by atoms with Gasteiger partial charge in [-0.1, -0.05) is 18.5 Å². The van der Waals surface area contributed by atoms with Crippen LogP contribution >= 0.6 is 11.6 Å². The summed E-state index contributed by atoms with van der Waals surface area (Å²) < 4.78 is 11.3. The Morgan fingerprint density at radius 2 is 1.96 bits per heavy atom. The van der Waals surface area contributed by atoms with E-state index in [-0.39, 0.29) is 5.78 Å². The molecule has 25 heavy (non-hydrogen) atoms. The normalized spacial score (nSPS) is 10.7. The van der Waals surface area contributed by atoms with Crippen LogP contribution in [0.3, 0.4) is 0 Å². The highest BCUT2D eigenvalue weighted by atomic mass is 35.5.